The summed E-state index contributed by atoms with van der Waals surface area (Å²) < 4.78 is 0. The van der Waals surface area contributed by atoms with Crippen LogP contribution in [0, 0.1) is 11.8 Å². The fourth-order valence-corrected chi connectivity index (χ4v) is 4.95. The van der Waals surface area contributed by atoms with Crippen LogP contribution in [-0.4, -0.2) is 10.7 Å². The summed E-state index contributed by atoms with van der Waals surface area (Å²) in [6, 6.07) is 22.0. The van der Waals surface area contributed by atoms with Crippen LogP contribution < -0.4 is 5.32 Å². The highest BCUT2D eigenvalue weighted by Gasteiger charge is 2.51. The van der Waals surface area contributed by atoms with Crippen molar-refractivity contribution in [3.63, 3.8) is 0 Å². The zero-order valence-electron chi connectivity index (χ0n) is 15.7. The molecule has 3 N–H and O–H groups in total. The van der Waals surface area contributed by atoms with Crippen molar-refractivity contribution in [2.45, 2.75) is 57.7 Å². The van der Waals surface area contributed by atoms with Crippen molar-refractivity contribution < 1.29 is 10.4 Å². The molecule has 0 amide bonds. The highest BCUT2D eigenvalue weighted by molar-refractivity contribution is 5.23. The maximum absolute atomic E-state index is 11.7. The lowest BCUT2D eigenvalue weighted by atomic mass is 9.65. The van der Waals surface area contributed by atoms with Crippen LogP contribution >= 0.6 is 0 Å². The van der Waals surface area contributed by atoms with Gasteiger partial charge in [0.15, 0.2) is 0 Å². The van der Waals surface area contributed by atoms with E-state index in [4.69, 9.17) is 0 Å². The smallest absolute Gasteiger partial charge is 0.118 e. The van der Waals surface area contributed by atoms with Gasteiger partial charge in [0, 0.05) is 23.5 Å². The lowest BCUT2D eigenvalue weighted by Crippen LogP contribution is -2.92. The first-order valence-corrected chi connectivity index (χ1v) is 9.72. The average molecular weight is 339 g/mol. The van der Waals surface area contributed by atoms with Crippen LogP contribution in [0.4, 0.5) is 0 Å². The van der Waals surface area contributed by atoms with Gasteiger partial charge in [-0.25, -0.2) is 0 Å². The minimum absolute atomic E-state index is 0.259. The molecule has 0 aliphatic carbocycles. The zero-order chi connectivity index (χ0) is 17.9. The number of piperidine rings is 1. The molecule has 0 saturated carbocycles. The molecule has 3 rings (SSSR count). The number of quaternary nitrogens is 1. The third-order valence-corrected chi connectivity index (χ3v) is 5.83. The van der Waals surface area contributed by atoms with E-state index < -0.39 is 5.60 Å². The van der Waals surface area contributed by atoms with Gasteiger partial charge in [0.05, 0.1) is 5.60 Å². The second-order valence-electron chi connectivity index (χ2n) is 7.97. The molecular weight excluding hydrogens is 306 g/mol. The van der Waals surface area contributed by atoms with Crippen LogP contribution in [0.2, 0.25) is 0 Å². The molecule has 1 aliphatic heterocycles. The summed E-state index contributed by atoms with van der Waals surface area (Å²) >= 11 is 0. The summed E-state index contributed by atoms with van der Waals surface area (Å²) in [6.45, 7) is 6.71. The number of hydrogen-bond acceptors (Lipinski definition) is 1. The normalized spacial score (nSPS) is 29.7. The Balaban J connectivity index is 2.02. The number of aliphatic hydroxyl groups is 1. The molecule has 134 valence electrons. The predicted molar refractivity (Wildman–Crippen MR) is 103 cm³/mol. The SMILES string of the molecule is CCC[C@@]1(O)C[C@@H](c2ccccc2)[NH2+][C@H](c2ccccc2)[C@@H]1C(C)C. The molecule has 2 aromatic rings. The molecule has 0 radical (unpaired) electrons. The van der Waals surface area contributed by atoms with E-state index in [-0.39, 0.29) is 12.0 Å². The van der Waals surface area contributed by atoms with Gasteiger partial charge in [0.25, 0.3) is 0 Å². The van der Waals surface area contributed by atoms with Gasteiger partial charge in [0.2, 0.25) is 0 Å². The number of rotatable bonds is 5. The number of nitrogens with two attached hydrogens (primary N) is 1. The summed E-state index contributed by atoms with van der Waals surface area (Å²) in [5.41, 5.74) is 2.04. The van der Waals surface area contributed by atoms with E-state index >= 15 is 0 Å². The fourth-order valence-electron chi connectivity index (χ4n) is 4.95. The summed E-state index contributed by atoms with van der Waals surface area (Å²) in [7, 11) is 0. The van der Waals surface area contributed by atoms with Crippen molar-refractivity contribution in [2.75, 3.05) is 0 Å². The predicted octanol–water partition coefficient (Wildman–Crippen LogP) is 4.24. The van der Waals surface area contributed by atoms with Gasteiger partial charge >= 0.3 is 0 Å². The molecule has 2 heteroatoms. The first kappa shape index (κ1) is 18.2. The molecule has 1 fully saturated rings. The summed E-state index contributed by atoms with van der Waals surface area (Å²) in [4.78, 5) is 0. The minimum Gasteiger partial charge on any atom is -0.389 e. The van der Waals surface area contributed by atoms with E-state index in [9.17, 15) is 5.11 Å². The molecule has 25 heavy (non-hydrogen) atoms. The molecule has 1 heterocycles. The van der Waals surface area contributed by atoms with E-state index in [2.05, 4.69) is 86.8 Å². The second-order valence-corrected chi connectivity index (χ2v) is 7.97. The van der Waals surface area contributed by atoms with Gasteiger partial charge in [-0.3, -0.25) is 0 Å². The van der Waals surface area contributed by atoms with Crippen LogP contribution in [0.15, 0.2) is 60.7 Å². The molecule has 4 atom stereocenters. The Hall–Kier alpha value is -1.64. The Morgan fingerprint density at radius 3 is 2.08 bits per heavy atom. The highest BCUT2D eigenvalue weighted by atomic mass is 16.3. The van der Waals surface area contributed by atoms with Crippen molar-refractivity contribution >= 4 is 0 Å². The Morgan fingerprint density at radius 1 is 1.00 bits per heavy atom. The van der Waals surface area contributed by atoms with Gasteiger partial charge in [-0.2, -0.15) is 0 Å². The van der Waals surface area contributed by atoms with Gasteiger partial charge in [0.1, 0.15) is 12.1 Å². The largest absolute Gasteiger partial charge is 0.389 e. The van der Waals surface area contributed by atoms with E-state index in [1.54, 1.807) is 0 Å². The number of hydrogen-bond donors (Lipinski definition) is 2. The molecular formula is C23H32NO+. The van der Waals surface area contributed by atoms with Gasteiger partial charge in [-0.1, -0.05) is 87.9 Å². The average Bonchev–Trinajstić information content (AvgIpc) is 2.62. The molecule has 0 unspecified atom stereocenters. The van der Waals surface area contributed by atoms with E-state index in [1.165, 1.54) is 11.1 Å². The zero-order valence-corrected chi connectivity index (χ0v) is 15.7. The summed E-state index contributed by atoms with van der Waals surface area (Å²) in [5, 5.41) is 14.2. The van der Waals surface area contributed by atoms with Crippen LogP contribution in [0.5, 0.6) is 0 Å². The minimum atomic E-state index is -0.612. The van der Waals surface area contributed by atoms with E-state index in [0.29, 0.717) is 12.0 Å². The van der Waals surface area contributed by atoms with Gasteiger partial charge in [-0.05, 0) is 12.3 Å². The third-order valence-electron chi connectivity index (χ3n) is 5.83. The number of benzene rings is 2. The second kappa shape index (κ2) is 7.72. The molecule has 0 aromatic heterocycles. The monoisotopic (exact) mass is 338 g/mol. The first-order valence-electron chi connectivity index (χ1n) is 9.72. The Morgan fingerprint density at radius 2 is 1.56 bits per heavy atom. The molecule has 2 aromatic carbocycles. The molecule has 0 spiro atoms. The first-order chi connectivity index (χ1) is 12.0. The third kappa shape index (κ3) is 3.80. The Bertz CT molecular complexity index is 654. The topological polar surface area (TPSA) is 36.8 Å². The standard InChI is InChI=1S/C23H31NO/c1-4-15-23(25)16-20(18-11-7-5-8-12-18)24-22(21(23)17(2)3)19-13-9-6-10-14-19/h5-14,17,20-22,24-25H,4,15-16H2,1-3H3/p+1/t20-,21-,22+,23+/m0/s1. The molecule has 2 nitrogen and oxygen atoms in total. The van der Waals surface area contributed by atoms with E-state index in [1.807, 2.05) is 0 Å². The van der Waals surface area contributed by atoms with Crippen LogP contribution in [-0.2, 0) is 0 Å². The van der Waals surface area contributed by atoms with Gasteiger partial charge < -0.3 is 10.4 Å². The van der Waals surface area contributed by atoms with Crippen molar-refractivity contribution in [1.29, 1.82) is 0 Å². The lowest BCUT2D eigenvalue weighted by molar-refractivity contribution is -0.758. The van der Waals surface area contributed by atoms with Crippen LogP contribution in [0.3, 0.4) is 0 Å². The fraction of sp³-hybridized carbons (Fsp3) is 0.478. The molecule has 1 saturated heterocycles. The maximum atomic E-state index is 11.7. The molecule has 0 bridgehead atoms. The van der Waals surface area contributed by atoms with Crippen molar-refractivity contribution in [1.82, 2.24) is 0 Å². The van der Waals surface area contributed by atoms with Gasteiger partial charge in [-0.15, -0.1) is 0 Å². The quantitative estimate of drug-likeness (QED) is 0.840. The van der Waals surface area contributed by atoms with Crippen molar-refractivity contribution in [3.05, 3.63) is 71.8 Å². The van der Waals surface area contributed by atoms with E-state index in [0.717, 1.165) is 19.3 Å². The Kier molecular flexibility index (Phi) is 5.61. The van der Waals surface area contributed by atoms with Crippen LogP contribution in [0.25, 0.3) is 0 Å². The Labute approximate surface area is 152 Å². The molecule has 1 aliphatic rings. The maximum Gasteiger partial charge on any atom is 0.118 e. The lowest BCUT2D eigenvalue weighted by Gasteiger charge is -2.48. The summed E-state index contributed by atoms with van der Waals surface area (Å²) in [6.07, 6.45) is 2.72. The van der Waals surface area contributed by atoms with Crippen molar-refractivity contribution in [3.8, 4) is 0 Å². The van der Waals surface area contributed by atoms with Crippen LogP contribution in [0.1, 0.15) is 63.2 Å². The summed E-state index contributed by atoms with van der Waals surface area (Å²) in [5.74, 6) is 0.699. The highest BCUT2D eigenvalue weighted by Crippen LogP contribution is 2.44. The van der Waals surface area contributed by atoms with Crippen molar-refractivity contribution in [2.24, 2.45) is 11.8 Å².